The number of rotatable bonds is 5. The van der Waals surface area contributed by atoms with Gasteiger partial charge in [-0.1, -0.05) is 36.4 Å². The minimum absolute atomic E-state index is 0.0158. The third-order valence-corrected chi connectivity index (χ3v) is 5.54. The molecule has 0 spiro atoms. The molecular formula is C25H24N2O2. The van der Waals surface area contributed by atoms with E-state index < -0.39 is 5.92 Å². The van der Waals surface area contributed by atoms with Crippen molar-refractivity contribution in [1.82, 2.24) is 0 Å². The van der Waals surface area contributed by atoms with E-state index >= 15 is 0 Å². The van der Waals surface area contributed by atoms with Crippen LogP contribution in [0.1, 0.15) is 18.1 Å². The summed E-state index contributed by atoms with van der Waals surface area (Å²) in [6.07, 6.45) is 0.781. The summed E-state index contributed by atoms with van der Waals surface area (Å²) < 4.78 is 0. The van der Waals surface area contributed by atoms with Gasteiger partial charge in [-0.2, -0.15) is 0 Å². The van der Waals surface area contributed by atoms with Crippen LogP contribution in [-0.4, -0.2) is 18.6 Å². The molecule has 0 bridgehead atoms. The first-order valence-corrected chi connectivity index (χ1v) is 9.83. The van der Waals surface area contributed by atoms with Crippen LogP contribution in [0.15, 0.2) is 72.8 Å². The number of carbonyl (C=O) groups is 2. The lowest BCUT2D eigenvalue weighted by atomic mass is 9.80. The van der Waals surface area contributed by atoms with Crippen LogP contribution in [-0.2, 0) is 22.4 Å². The summed E-state index contributed by atoms with van der Waals surface area (Å²) in [5.74, 6) is -0.560. The van der Waals surface area contributed by atoms with Gasteiger partial charge in [0.05, 0.1) is 17.3 Å². The third kappa shape index (κ3) is 3.92. The minimum Gasteiger partial charge on any atom is -0.354 e. The van der Waals surface area contributed by atoms with E-state index in [1.54, 1.807) is 0 Å². The first-order chi connectivity index (χ1) is 14.0. The number of nitrogens with one attached hydrogen (secondary N) is 1. The lowest BCUT2D eigenvalue weighted by molar-refractivity contribution is -0.131. The van der Waals surface area contributed by atoms with Crippen molar-refractivity contribution in [3.8, 4) is 0 Å². The van der Waals surface area contributed by atoms with Crippen molar-refractivity contribution in [3.63, 3.8) is 0 Å². The minimum atomic E-state index is -0.523. The summed E-state index contributed by atoms with van der Waals surface area (Å²) in [7, 11) is 2.02. The number of fused-ring (bicyclic) bond motifs is 1. The highest BCUT2D eigenvalue weighted by molar-refractivity contribution is 6.04. The zero-order chi connectivity index (χ0) is 20.4. The number of para-hydroxylation sites is 2. The molecular weight excluding hydrogens is 360 g/mol. The number of anilines is 4. The lowest BCUT2D eigenvalue weighted by Crippen LogP contribution is -2.30. The van der Waals surface area contributed by atoms with Crippen LogP contribution in [0, 0.1) is 5.92 Å². The van der Waals surface area contributed by atoms with Crippen molar-refractivity contribution in [3.05, 3.63) is 83.9 Å². The molecule has 0 aliphatic heterocycles. The Hall–Kier alpha value is -3.40. The van der Waals surface area contributed by atoms with Gasteiger partial charge in [-0.15, -0.1) is 0 Å². The molecule has 0 saturated carbocycles. The summed E-state index contributed by atoms with van der Waals surface area (Å²) in [5.41, 5.74) is 6.07. The van der Waals surface area contributed by atoms with E-state index in [4.69, 9.17) is 0 Å². The molecule has 0 amide bonds. The van der Waals surface area contributed by atoms with Crippen molar-refractivity contribution in [2.45, 2.75) is 19.8 Å². The van der Waals surface area contributed by atoms with Crippen LogP contribution in [0.5, 0.6) is 0 Å². The molecule has 0 fully saturated rings. The molecule has 3 aromatic carbocycles. The van der Waals surface area contributed by atoms with Crippen molar-refractivity contribution in [2.24, 2.45) is 5.92 Å². The Kier molecular flexibility index (Phi) is 5.17. The Balaban J connectivity index is 1.79. The Morgan fingerprint density at radius 3 is 2.28 bits per heavy atom. The second kappa shape index (κ2) is 7.92. The fraction of sp³-hybridized carbons (Fsp3) is 0.200. The van der Waals surface area contributed by atoms with Crippen LogP contribution in [0.3, 0.4) is 0 Å². The zero-order valence-electron chi connectivity index (χ0n) is 16.7. The predicted molar refractivity (Wildman–Crippen MR) is 117 cm³/mol. The van der Waals surface area contributed by atoms with Gasteiger partial charge in [-0.05, 0) is 60.9 Å². The van der Waals surface area contributed by atoms with Gasteiger partial charge in [0, 0.05) is 24.8 Å². The van der Waals surface area contributed by atoms with E-state index in [1.807, 2.05) is 55.6 Å². The number of hydrogen-bond donors (Lipinski definition) is 1. The summed E-state index contributed by atoms with van der Waals surface area (Å²) in [6.45, 7) is 1.51. The quantitative estimate of drug-likeness (QED) is 0.624. The zero-order valence-corrected chi connectivity index (χ0v) is 16.7. The van der Waals surface area contributed by atoms with E-state index in [1.165, 1.54) is 6.92 Å². The van der Waals surface area contributed by atoms with Crippen molar-refractivity contribution >= 4 is 34.3 Å². The maximum absolute atomic E-state index is 12.5. The number of Topliss-reactive ketones (excluding diaryl/α,β-unsaturated/α-hetero) is 2. The van der Waals surface area contributed by atoms with Crippen LogP contribution < -0.4 is 10.2 Å². The Labute approximate surface area is 171 Å². The average Bonchev–Trinajstić information content (AvgIpc) is 2.74. The number of nitrogens with zero attached hydrogens (tertiary/aromatic N) is 1. The largest absolute Gasteiger partial charge is 0.354 e. The fourth-order valence-electron chi connectivity index (χ4n) is 3.89. The molecule has 1 unspecified atom stereocenters. The van der Waals surface area contributed by atoms with E-state index in [0.717, 1.165) is 33.9 Å². The molecule has 0 saturated heterocycles. The van der Waals surface area contributed by atoms with Crippen molar-refractivity contribution in [2.75, 3.05) is 17.3 Å². The third-order valence-electron chi connectivity index (χ3n) is 5.54. The molecule has 1 atom stereocenters. The van der Waals surface area contributed by atoms with Gasteiger partial charge < -0.3 is 10.2 Å². The normalized spacial score (nSPS) is 15.5. The molecule has 1 aliphatic carbocycles. The van der Waals surface area contributed by atoms with Crippen LogP contribution in [0.4, 0.5) is 22.7 Å². The Bertz CT molecular complexity index is 1050. The summed E-state index contributed by atoms with van der Waals surface area (Å²) in [4.78, 5) is 26.5. The second-order valence-electron chi connectivity index (χ2n) is 7.53. The Morgan fingerprint density at radius 2 is 1.62 bits per heavy atom. The molecule has 146 valence electrons. The smallest absolute Gasteiger partial charge is 0.148 e. The van der Waals surface area contributed by atoms with E-state index in [-0.39, 0.29) is 11.6 Å². The molecule has 0 heterocycles. The highest BCUT2D eigenvalue weighted by Gasteiger charge is 2.30. The molecule has 3 aromatic rings. The molecule has 4 rings (SSSR count). The average molecular weight is 384 g/mol. The summed E-state index contributed by atoms with van der Waals surface area (Å²) in [6, 6.07) is 24.3. The van der Waals surface area contributed by atoms with Crippen molar-refractivity contribution < 1.29 is 9.59 Å². The van der Waals surface area contributed by atoms with Gasteiger partial charge in [0.15, 0.2) is 0 Å². The Morgan fingerprint density at radius 1 is 0.966 bits per heavy atom. The lowest BCUT2D eigenvalue weighted by Gasteiger charge is -2.28. The van der Waals surface area contributed by atoms with Crippen LogP contribution in [0.2, 0.25) is 0 Å². The van der Waals surface area contributed by atoms with E-state index in [9.17, 15) is 9.59 Å². The monoisotopic (exact) mass is 384 g/mol. The first kappa shape index (κ1) is 18.9. The van der Waals surface area contributed by atoms with Crippen LogP contribution in [0.25, 0.3) is 0 Å². The summed E-state index contributed by atoms with van der Waals surface area (Å²) >= 11 is 0. The molecule has 4 nitrogen and oxygen atoms in total. The molecule has 29 heavy (non-hydrogen) atoms. The van der Waals surface area contributed by atoms with Gasteiger partial charge in [0.25, 0.3) is 0 Å². The molecule has 0 radical (unpaired) electrons. The van der Waals surface area contributed by atoms with Crippen LogP contribution >= 0.6 is 0 Å². The number of ketones is 2. The topological polar surface area (TPSA) is 49.4 Å². The predicted octanol–water partition coefficient (Wildman–Crippen LogP) is 5.07. The number of benzene rings is 3. The highest BCUT2D eigenvalue weighted by Crippen LogP contribution is 2.38. The molecule has 0 aromatic heterocycles. The van der Waals surface area contributed by atoms with Gasteiger partial charge in [-0.25, -0.2) is 0 Å². The van der Waals surface area contributed by atoms with Gasteiger partial charge in [-0.3, -0.25) is 9.59 Å². The van der Waals surface area contributed by atoms with Gasteiger partial charge in [0.1, 0.15) is 11.6 Å². The van der Waals surface area contributed by atoms with Gasteiger partial charge in [0.2, 0.25) is 0 Å². The standard InChI is InChI=1S/C25H24N2O2/c1-17(28)22-13-18-14-23(26-20-9-5-3-6-10-20)24(15-19(18)16-25(22)29)27(2)21-11-7-4-8-12-21/h3-12,14-15,22,26H,13,16H2,1-2H3. The maximum Gasteiger partial charge on any atom is 0.148 e. The number of carbonyl (C=O) groups excluding carboxylic acids is 2. The molecule has 4 heteroatoms. The molecule has 1 aliphatic rings. The second-order valence-corrected chi connectivity index (χ2v) is 7.53. The number of hydrogen-bond acceptors (Lipinski definition) is 4. The van der Waals surface area contributed by atoms with Crippen molar-refractivity contribution in [1.29, 1.82) is 0 Å². The maximum atomic E-state index is 12.5. The van der Waals surface area contributed by atoms with E-state index in [0.29, 0.717) is 12.8 Å². The highest BCUT2D eigenvalue weighted by atomic mass is 16.1. The summed E-state index contributed by atoms with van der Waals surface area (Å²) in [5, 5.41) is 3.52. The fourth-order valence-corrected chi connectivity index (χ4v) is 3.89. The van der Waals surface area contributed by atoms with Gasteiger partial charge >= 0.3 is 0 Å². The van der Waals surface area contributed by atoms with E-state index in [2.05, 4.69) is 34.5 Å². The molecule has 1 N–H and O–H groups in total. The SMILES string of the molecule is CC(=O)C1Cc2cc(Nc3ccccc3)c(N(C)c3ccccc3)cc2CC1=O. The first-order valence-electron chi connectivity index (χ1n) is 9.83.